The van der Waals surface area contributed by atoms with Crippen LogP contribution in [0.2, 0.25) is 10.0 Å². The Bertz CT molecular complexity index is 430. The van der Waals surface area contributed by atoms with Gasteiger partial charge in [-0.3, -0.25) is 10.2 Å². The van der Waals surface area contributed by atoms with Crippen molar-refractivity contribution in [2.24, 2.45) is 5.84 Å². The molecule has 1 saturated carbocycles. The van der Waals surface area contributed by atoms with Gasteiger partial charge >= 0.3 is 0 Å². The maximum Gasteiger partial charge on any atom is 0.244 e. The highest BCUT2D eigenvalue weighted by molar-refractivity contribution is 6.35. The fraction of sp³-hybridized carbons (Fsp3) is 0.364. The summed E-state index contributed by atoms with van der Waals surface area (Å²) in [6.45, 7) is 0. The standard InChI is InChI=1S/C11H12Cl2N2O/c12-7-2-3-8(9(13)6-7)11(4-1-5-11)10(16)15-14/h2-3,6H,1,4-5,14H2,(H,15,16). The van der Waals surface area contributed by atoms with Crippen LogP contribution in [0.1, 0.15) is 24.8 Å². The van der Waals surface area contributed by atoms with Gasteiger partial charge in [0.2, 0.25) is 5.91 Å². The molecule has 1 aromatic carbocycles. The third-order valence-electron chi connectivity index (χ3n) is 3.22. The average Bonchev–Trinajstić information content (AvgIpc) is 2.19. The lowest BCUT2D eigenvalue weighted by atomic mass is 9.64. The van der Waals surface area contributed by atoms with E-state index in [1.54, 1.807) is 18.2 Å². The molecule has 1 amide bonds. The zero-order valence-corrected chi connectivity index (χ0v) is 10.1. The van der Waals surface area contributed by atoms with E-state index in [1.165, 1.54) is 0 Å². The first-order chi connectivity index (χ1) is 7.60. The molecule has 1 aliphatic rings. The van der Waals surface area contributed by atoms with Crippen molar-refractivity contribution in [2.45, 2.75) is 24.7 Å². The molecule has 2 rings (SSSR count). The number of amides is 1. The molecule has 0 heterocycles. The topological polar surface area (TPSA) is 55.1 Å². The number of hydrogen-bond donors (Lipinski definition) is 2. The number of hydrogen-bond acceptors (Lipinski definition) is 2. The predicted octanol–water partition coefficient (Wildman–Crippen LogP) is 2.41. The van der Waals surface area contributed by atoms with Gasteiger partial charge in [0, 0.05) is 10.0 Å². The molecule has 1 fully saturated rings. The first-order valence-electron chi connectivity index (χ1n) is 5.07. The van der Waals surface area contributed by atoms with Gasteiger partial charge in [0.05, 0.1) is 5.41 Å². The van der Waals surface area contributed by atoms with Crippen LogP contribution >= 0.6 is 23.2 Å². The van der Waals surface area contributed by atoms with Crippen molar-refractivity contribution in [1.29, 1.82) is 0 Å². The molecule has 3 nitrogen and oxygen atoms in total. The van der Waals surface area contributed by atoms with Crippen LogP contribution in [0.4, 0.5) is 0 Å². The summed E-state index contributed by atoms with van der Waals surface area (Å²) in [5, 5.41) is 1.09. The van der Waals surface area contributed by atoms with E-state index in [2.05, 4.69) is 5.43 Å². The van der Waals surface area contributed by atoms with E-state index in [0.29, 0.717) is 10.0 Å². The molecular weight excluding hydrogens is 247 g/mol. The molecule has 5 heteroatoms. The number of halogens is 2. The van der Waals surface area contributed by atoms with Crippen LogP contribution in [0.3, 0.4) is 0 Å². The molecule has 0 bridgehead atoms. The minimum atomic E-state index is -0.559. The minimum absolute atomic E-state index is 0.178. The smallest absolute Gasteiger partial charge is 0.244 e. The third kappa shape index (κ3) is 1.69. The number of hydrazine groups is 1. The fourth-order valence-electron chi connectivity index (χ4n) is 2.16. The van der Waals surface area contributed by atoms with Crippen molar-refractivity contribution < 1.29 is 4.79 Å². The zero-order valence-electron chi connectivity index (χ0n) is 8.59. The first kappa shape index (κ1) is 11.7. The quantitative estimate of drug-likeness (QED) is 0.486. The molecule has 0 radical (unpaired) electrons. The SMILES string of the molecule is NNC(=O)C1(c2ccc(Cl)cc2Cl)CCC1. The van der Waals surface area contributed by atoms with Crippen molar-refractivity contribution in [3.8, 4) is 0 Å². The molecule has 0 unspecified atom stereocenters. The second-order valence-electron chi connectivity index (χ2n) is 4.03. The highest BCUT2D eigenvalue weighted by Crippen LogP contribution is 2.46. The number of carbonyl (C=O) groups excluding carboxylic acids is 1. The van der Waals surface area contributed by atoms with Crippen molar-refractivity contribution in [3.63, 3.8) is 0 Å². The van der Waals surface area contributed by atoms with Gasteiger partial charge in [-0.15, -0.1) is 0 Å². The first-order valence-corrected chi connectivity index (χ1v) is 5.82. The van der Waals surface area contributed by atoms with Crippen LogP contribution in [0.5, 0.6) is 0 Å². The Morgan fingerprint density at radius 1 is 1.38 bits per heavy atom. The summed E-state index contributed by atoms with van der Waals surface area (Å²) >= 11 is 12.0. The van der Waals surface area contributed by atoms with E-state index in [1.807, 2.05) is 0 Å². The molecule has 0 aromatic heterocycles. The number of benzene rings is 1. The Morgan fingerprint density at radius 3 is 2.50 bits per heavy atom. The van der Waals surface area contributed by atoms with Crippen LogP contribution in [0.15, 0.2) is 18.2 Å². The van der Waals surface area contributed by atoms with Gasteiger partial charge in [0.15, 0.2) is 0 Å². The predicted molar refractivity (Wildman–Crippen MR) is 64.3 cm³/mol. The van der Waals surface area contributed by atoms with Crippen LogP contribution < -0.4 is 11.3 Å². The lowest BCUT2D eigenvalue weighted by Crippen LogP contribution is -2.51. The van der Waals surface area contributed by atoms with E-state index >= 15 is 0 Å². The monoisotopic (exact) mass is 258 g/mol. The lowest BCUT2D eigenvalue weighted by Gasteiger charge is -2.40. The van der Waals surface area contributed by atoms with Gasteiger partial charge in [-0.25, -0.2) is 5.84 Å². The number of rotatable bonds is 2. The largest absolute Gasteiger partial charge is 0.293 e. The highest BCUT2D eigenvalue weighted by atomic mass is 35.5. The molecular formula is C11H12Cl2N2O. The Balaban J connectivity index is 2.45. The Kier molecular flexibility index (Phi) is 3.10. The van der Waals surface area contributed by atoms with Crippen LogP contribution in [-0.2, 0) is 10.2 Å². The van der Waals surface area contributed by atoms with Crippen molar-refractivity contribution in [1.82, 2.24) is 5.43 Å². The summed E-state index contributed by atoms with van der Waals surface area (Å²) in [7, 11) is 0. The van der Waals surface area contributed by atoms with Crippen molar-refractivity contribution >= 4 is 29.1 Å². The van der Waals surface area contributed by atoms with E-state index in [-0.39, 0.29) is 5.91 Å². The Morgan fingerprint density at radius 2 is 2.06 bits per heavy atom. The van der Waals surface area contributed by atoms with Crippen molar-refractivity contribution in [2.75, 3.05) is 0 Å². The second kappa shape index (κ2) is 4.24. The Hall–Kier alpha value is -0.770. The van der Waals surface area contributed by atoms with Gasteiger partial charge in [0.1, 0.15) is 0 Å². The van der Waals surface area contributed by atoms with Gasteiger partial charge in [-0.05, 0) is 30.5 Å². The zero-order chi connectivity index (χ0) is 11.8. The number of nitrogens with two attached hydrogens (primary N) is 1. The fourth-order valence-corrected chi connectivity index (χ4v) is 2.75. The second-order valence-corrected chi connectivity index (χ2v) is 4.88. The summed E-state index contributed by atoms with van der Waals surface area (Å²) in [5.74, 6) is 5.04. The van der Waals surface area contributed by atoms with E-state index in [9.17, 15) is 4.79 Å². The lowest BCUT2D eigenvalue weighted by molar-refractivity contribution is -0.130. The maximum atomic E-state index is 11.8. The normalized spacial score (nSPS) is 17.7. The number of carbonyl (C=O) groups is 1. The molecule has 86 valence electrons. The molecule has 0 spiro atoms. The summed E-state index contributed by atoms with van der Waals surface area (Å²) in [4.78, 5) is 11.8. The molecule has 0 atom stereocenters. The maximum absolute atomic E-state index is 11.8. The van der Waals surface area contributed by atoms with Gasteiger partial charge in [-0.1, -0.05) is 35.7 Å². The van der Waals surface area contributed by atoms with E-state index in [4.69, 9.17) is 29.0 Å². The van der Waals surface area contributed by atoms with Crippen LogP contribution in [0.25, 0.3) is 0 Å². The summed E-state index contributed by atoms with van der Waals surface area (Å²) in [5.41, 5.74) is 2.47. The van der Waals surface area contributed by atoms with E-state index < -0.39 is 5.41 Å². The highest BCUT2D eigenvalue weighted by Gasteiger charge is 2.46. The molecule has 0 saturated heterocycles. The average molecular weight is 259 g/mol. The van der Waals surface area contributed by atoms with Crippen LogP contribution in [-0.4, -0.2) is 5.91 Å². The molecule has 16 heavy (non-hydrogen) atoms. The molecule has 1 aromatic rings. The Labute approximate surface area is 104 Å². The molecule has 3 N–H and O–H groups in total. The molecule has 0 aliphatic heterocycles. The summed E-state index contributed by atoms with van der Waals surface area (Å²) in [6, 6.07) is 5.20. The van der Waals surface area contributed by atoms with Gasteiger partial charge in [-0.2, -0.15) is 0 Å². The van der Waals surface area contributed by atoms with Gasteiger partial charge < -0.3 is 0 Å². The van der Waals surface area contributed by atoms with Gasteiger partial charge in [0.25, 0.3) is 0 Å². The van der Waals surface area contributed by atoms with E-state index in [0.717, 1.165) is 24.8 Å². The minimum Gasteiger partial charge on any atom is -0.293 e. The number of nitrogens with one attached hydrogen (secondary N) is 1. The summed E-state index contributed by atoms with van der Waals surface area (Å²) in [6.07, 6.45) is 2.56. The van der Waals surface area contributed by atoms with Crippen molar-refractivity contribution in [3.05, 3.63) is 33.8 Å². The van der Waals surface area contributed by atoms with Crippen LogP contribution in [0, 0.1) is 0 Å². The molecule has 1 aliphatic carbocycles. The summed E-state index contributed by atoms with van der Waals surface area (Å²) < 4.78 is 0. The third-order valence-corrected chi connectivity index (χ3v) is 3.77.